The molecular weight excluding hydrogens is 414 g/mol. The minimum absolute atomic E-state index is 0.0318. The maximum absolute atomic E-state index is 13.2. The molecule has 164 valence electrons. The van der Waals surface area contributed by atoms with E-state index in [4.69, 9.17) is 9.47 Å². The number of aryl methyl sites for hydroxylation is 1. The van der Waals surface area contributed by atoms with E-state index in [0.717, 1.165) is 28.3 Å². The molecule has 0 aliphatic carbocycles. The van der Waals surface area contributed by atoms with Crippen LogP contribution in [0.4, 0.5) is 0 Å². The summed E-state index contributed by atoms with van der Waals surface area (Å²) < 4.78 is 25.5. The van der Waals surface area contributed by atoms with Crippen molar-refractivity contribution in [3.8, 4) is 11.5 Å². The van der Waals surface area contributed by atoms with Gasteiger partial charge in [0.15, 0.2) is 0 Å². The van der Waals surface area contributed by atoms with Gasteiger partial charge in [-0.3, -0.25) is 9.97 Å². The minimum Gasteiger partial charge on any atom is -0.497 e. The number of aromatic nitrogens is 2. The van der Waals surface area contributed by atoms with Gasteiger partial charge in [0.2, 0.25) is 0 Å². The molecule has 1 heterocycles. The van der Waals surface area contributed by atoms with Crippen LogP contribution in [0, 0.1) is 6.92 Å². The van der Waals surface area contributed by atoms with Gasteiger partial charge in [0.05, 0.1) is 48.5 Å². The Labute approximate surface area is 185 Å². The first-order chi connectivity index (χ1) is 15.0. The molecular formula is C23H27N3O4S. The molecule has 0 radical (unpaired) electrons. The first-order valence-corrected chi connectivity index (χ1v) is 11.1. The van der Waals surface area contributed by atoms with E-state index in [1.165, 1.54) is 6.20 Å². The lowest BCUT2D eigenvalue weighted by Crippen LogP contribution is -2.29. The summed E-state index contributed by atoms with van der Waals surface area (Å²) in [6.45, 7) is 2.73. The molecule has 0 saturated heterocycles. The van der Waals surface area contributed by atoms with Crippen LogP contribution in [0.5, 0.6) is 11.5 Å². The summed E-state index contributed by atoms with van der Waals surface area (Å²) in [5, 5.41) is 10.5. The van der Waals surface area contributed by atoms with E-state index in [1.54, 1.807) is 20.4 Å². The van der Waals surface area contributed by atoms with Gasteiger partial charge in [0, 0.05) is 19.3 Å². The Kier molecular flexibility index (Phi) is 8.11. The van der Waals surface area contributed by atoms with Gasteiger partial charge in [-0.25, -0.2) is 8.51 Å². The summed E-state index contributed by atoms with van der Waals surface area (Å²) in [6, 6.07) is 15.3. The summed E-state index contributed by atoms with van der Waals surface area (Å²) in [6.07, 6.45) is 2.14. The van der Waals surface area contributed by atoms with E-state index < -0.39 is 17.1 Å². The Morgan fingerprint density at radius 2 is 1.42 bits per heavy atom. The number of methoxy groups -OCH3 is 2. The third-order valence-corrected chi connectivity index (χ3v) is 6.20. The largest absolute Gasteiger partial charge is 0.497 e. The summed E-state index contributed by atoms with van der Waals surface area (Å²) in [7, 11) is 1.78. The summed E-state index contributed by atoms with van der Waals surface area (Å²) >= 11 is 0. The van der Waals surface area contributed by atoms with Crippen molar-refractivity contribution in [3.63, 3.8) is 0 Å². The van der Waals surface area contributed by atoms with E-state index in [9.17, 15) is 9.32 Å². The molecule has 0 aliphatic heterocycles. The van der Waals surface area contributed by atoms with Gasteiger partial charge in [-0.2, -0.15) is 0 Å². The topological polar surface area (TPSA) is 84.8 Å². The SMILES string of the molecule is COc1ccc(CN(Cc2ccc(OC)cc2)S(=O)CC(O)c2cnc(C)cn2)cc1. The average molecular weight is 442 g/mol. The molecule has 0 spiro atoms. The number of hydrogen-bond acceptors (Lipinski definition) is 6. The maximum atomic E-state index is 13.2. The molecule has 3 aromatic rings. The number of aliphatic hydroxyl groups is 1. The number of benzene rings is 2. The van der Waals surface area contributed by atoms with Gasteiger partial charge < -0.3 is 14.6 Å². The molecule has 0 aliphatic rings. The second-order valence-corrected chi connectivity index (χ2v) is 8.57. The molecule has 31 heavy (non-hydrogen) atoms. The lowest BCUT2D eigenvalue weighted by atomic mass is 10.2. The zero-order chi connectivity index (χ0) is 22.2. The Balaban J connectivity index is 1.76. The second-order valence-electron chi connectivity index (χ2n) is 7.08. The molecule has 2 aromatic carbocycles. The van der Waals surface area contributed by atoms with Gasteiger partial charge in [-0.05, 0) is 42.3 Å². The van der Waals surface area contributed by atoms with E-state index in [-0.39, 0.29) is 5.75 Å². The first kappa shape index (κ1) is 22.9. The lowest BCUT2D eigenvalue weighted by Gasteiger charge is -2.23. The molecule has 0 bridgehead atoms. The predicted octanol–water partition coefficient (Wildman–Crippen LogP) is 3.20. The Morgan fingerprint density at radius 1 is 0.903 bits per heavy atom. The summed E-state index contributed by atoms with van der Waals surface area (Å²) in [5.74, 6) is 1.56. The molecule has 1 aromatic heterocycles. The number of hydrogen-bond donors (Lipinski definition) is 1. The highest BCUT2D eigenvalue weighted by atomic mass is 32.2. The van der Waals surface area contributed by atoms with E-state index >= 15 is 0 Å². The fourth-order valence-corrected chi connectivity index (χ4v) is 4.21. The van der Waals surface area contributed by atoms with E-state index in [1.807, 2.05) is 59.8 Å². The minimum atomic E-state index is -1.46. The highest BCUT2D eigenvalue weighted by Gasteiger charge is 2.20. The monoisotopic (exact) mass is 441 g/mol. The lowest BCUT2D eigenvalue weighted by molar-refractivity contribution is 0.195. The van der Waals surface area contributed by atoms with Crippen LogP contribution in [0.15, 0.2) is 60.9 Å². The van der Waals surface area contributed by atoms with Crippen molar-refractivity contribution < 1.29 is 18.8 Å². The van der Waals surface area contributed by atoms with Gasteiger partial charge in [0.1, 0.15) is 17.6 Å². The van der Waals surface area contributed by atoms with Crippen molar-refractivity contribution in [2.24, 2.45) is 0 Å². The third-order valence-electron chi connectivity index (χ3n) is 4.77. The molecule has 2 atom stereocenters. The van der Waals surface area contributed by atoms with Gasteiger partial charge in [0.25, 0.3) is 0 Å². The van der Waals surface area contributed by atoms with Gasteiger partial charge >= 0.3 is 0 Å². The van der Waals surface area contributed by atoms with Crippen LogP contribution in [0.2, 0.25) is 0 Å². The van der Waals surface area contributed by atoms with Crippen LogP contribution in [0.25, 0.3) is 0 Å². The van der Waals surface area contributed by atoms with Crippen molar-refractivity contribution >= 4 is 11.0 Å². The zero-order valence-electron chi connectivity index (χ0n) is 17.9. The van der Waals surface area contributed by atoms with Crippen LogP contribution >= 0.6 is 0 Å². The zero-order valence-corrected chi connectivity index (χ0v) is 18.7. The van der Waals surface area contributed by atoms with E-state index in [2.05, 4.69) is 9.97 Å². The molecule has 3 rings (SSSR count). The number of nitrogens with zero attached hydrogens (tertiary/aromatic N) is 3. The predicted molar refractivity (Wildman–Crippen MR) is 120 cm³/mol. The number of ether oxygens (including phenoxy) is 2. The number of rotatable bonds is 10. The normalized spacial score (nSPS) is 13.1. The van der Waals surface area contributed by atoms with Crippen LogP contribution in [0.3, 0.4) is 0 Å². The van der Waals surface area contributed by atoms with Crippen molar-refractivity contribution in [1.29, 1.82) is 0 Å². The van der Waals surface area contributed by atoms with Crippen LogP contribution in [-0.2, 0) is 24.1 Å². The Morgan fingerprint density at radius 3 is 1.84 bits per heavy atom. The van der Waals surface area contributed by atoms with Crippen LogP contribution in [0.1, 0.15) is 28.6 Å². The summed E-state index contributed by atoms with van der Waals surface area (Å²) in [5.41, 5.74) is 3.16. The van der Waals surface area contributed by atoms with E-state index in [0.29, 0.717) is 18.8 Å². The van der Waals surface area contributed by atoms with Crippen molar-refractivity contribution in [1.82, 2.24) is 14.3 Å². The van der Waals surface area contributed by atoms with Gasteiger partial charge in [-0.1, -0.05) is 24.3 Å². The Hall–Kier alpha value is -2.81. The Bertz CT molecular complexity index is 930. The molecule has 7 nitrogen and oxygen atoms in total. The fourth-order valence-electron chi connectivity index (χ4n) is 2.97. The molecule has 1 N–H and O–H groups in total. The third kappa shape index (κ3) is 6.58. The molecule has 0 amide bonds. The summed E-state index contributed by atoms with van der Waals surface area (Å²) in [4.78, 5) is 8.37. The fraction of sp³-hybridized carbons (Fsp3) is 0.304. The maximum Gasteiger partial charge on any atom is 0.118 e. The molecule has 0 fully saturated rings. The molecule has 0 saturated carbocycles. The van der Waals surface area contributed by atoms with Crippen LogP contribution in [-0.4, -0.2) is 43.6 Å². The van der Waals surface area contributed by atoms with Crippen molar-refractivity contribution in [2.75, 3.05) is 20.0 Å². The van der Waals surface area contributed by atoms with Crippen LogP contribution < -0.4 is 9.47 Å². The second kappa shape index (κ2) is 11.0. The standard InChI is InChI=1S/C23H27N3O4S/c1-17-12-25-22(13-24-17)23(27)16-31(28)26(14-18-4-8-20(29-2)9-5-18)15-19-6-10-21(30-3)11-7-19/h4-13,23,27H,14-16H2,1-3H3. The highest BCUT2D eigenvalue weighted by molar-refractivity contribution is 7.82. The number of aliphatic hydroxyl groups excluding tert-OH is 1. The molecule has 2 unspecified atom stereocenters. The van der Waals surface area contributed by atoms with Crippen molar-refractivity contribution in [3.05, 3.63) is 83.4 Å². The highest BCUT2D eigenvalue weighted by Crippen LogP contribution is 2.20. The molecule has 8 heteroatoms. The van der Waals surface area contributed by atoms with Gasteiger partial charge in [-0.15, -0.1) is 0 Å². The van der Waals surface area contributed by atoms with Crippen molar-refractivity contribution in [2.45, 2.75) is 26.1 Å². The average Bonchev–Trinajstić information content (AvgIpc) is 2.80. The smallest absolute Gasteiger partial charge is 0.118 e. The first-order valence-electron chi connectivity index (χ1n) is 9.84. The quantitative estimate of drug-likeness (QED) is 0.520.